The van der Waals surface area contributed by atoms with E-state index in [1.54, 1.807) is 0 Å². The van der Waals surface area contributed by atoms with Gasteiger partial charge in [0.1, 0.15) is 0 Å². The first-order valence-corrected chi connectivity index (χ1v) is 25.5. The quantitative estimate of drug-likeness (QED) is 0.163. The summed E-state index contributed by atoms with van der Waals surface area (Å²) in [5.74, 6) is 2.03. The Kier molecular flexibility index (Phi) is 8.71. The highest BCUT2D eigenvalue weighted by Crippen LogP contribution is 2.58. The van der Waals surface area contributed by atoms with Gasteiger partial charge in [-0.05, 0) is 208 Å². The highest BCUT2D eigenvalue weighted by atomic mass is 15.5. The maximum Gasteiger partial charge on any atom is 0.166 e. The molecule has 0 aromatic heterocycles. The molecule has 0 radical (unpaired) electrons. The van der Waals surface area contributed by atoms with Gasteiger partial charge in [0.05, 0.1) is 22.7 Å². The molecule has 0 saturated heterocycles. The summed E-state index contributed by atoms with van der Waals surface area (Å²) in [5.41, 5.74) is 8.68. The number of hydrogen-bond acceptors (Lipinski definition) is 4. The molecule has 344 valence electrons. The van der Waals surface area contributed by atoms with Crippen molar-refractivity contribution in [1.82, 2.24) is 0 Å². The molecule has 14 aromatic carbocycles. The zero-order chi connectivity index (χ0) is 48.4. The van der Waals surface area contributed by atoms with Crippen molar-refractivity contribution in [3.8, 4) is 0 Å². The molecule has 0 aliphatic carbocycles. The van der Waals surface area contributed by atoms with Crippen LogP contribution in [0.15, 0.2) is 279 Å². The predicted octanol–water partition coefficient (Wildman–Crippen LogP) is 19.3. The molecule has 0 bridgehead atoms. The summed E-state index contributed by atoms with van der Waals surface area (Å²) in [6.07, 6.45) is 0. The molecule has 2 aliphatic heterocycles. The summed E-state index contributed by atoms with van der Waals surface area (Å²) in [4.78, 5) is 10.1. The molecule has 0 atom stereocenters. The lowest BCUT2D eigenvalue weighted by Gasteiger charge is -2.34. The van der Waals surface area contributed by atoms with E-state index < -0.39 is 0 Å². The Morgan fingerprint density at radius 2 is 0.324 bits per heavy atom. The second-order valence-electron chi connectivity index (χ2n) is 19.9. The van der Waals surface area contributed by atoms with Gasteiger partial charge in [-0.2, -0.15) is 0 Å². The molecule has 0 spiro atoms. The number of para-hydroxylation sites is 4. The zero-order valence-corrected chi connectivity index (χ0v) is 40.2. The zero-order valence-electron chi connectivity index (χ0n) is 40.2. The van der Waals surface area contributed by atoms with Gasteiger partial charge in [0, 0.05) is 22.7 Å². The number of rotatable bonds is 4. The van der Waals surface area contributed by atoms with Crippen molar-refractivity contribution >= 4 is 132 Å². The molecule has 0 N–H and O–H groups in total. The Balaban J connectivity index is 1.03. The van der Waals surface area contributed by atoms with Gasteiger partial charge in [0.2, 0.25) is 0 Å². The third kappa shape index (κ3) is 6.28. The average Bonchev–Trinajstić information content (AvgIpc) is 3.99. The molecular weight excluding hydrogens is 897 g/mol. The highest BCUT2D eigenvalue weighted by molar-refractivity contribution is 6.08. The van der Waals surface area contributed by atoms with Gasteiger partial charge >= 0.3 is 0 Å². The van der Waals surface area contributed by atoms with Crippen LogP contribution in [-0.2, 0) is 0 Å². The van der Waals surface area contributed by atoms with E-state index in [1.807, 2.05) is 0 Å². The standard InChI is InChI=1S/C70H44N4/c1-5-17-49-37-57-41-61(29-25-53(57)33-45(49)13-1)71-65-21-9-10-22-66(65)72(62-30-26-54-34-46-14-2-6-18-50(46)38-58(54)42-62)69(71)70-73(63-31-27-55-35-47-15-3-7-19-51(47)39-59(55)43-63)67-23-11-12-24-68(67)74(70)64-32-28-56-36-48-16-4-8-20-52(48)40-60(56)44-64/h1-44H. The molecular formula is C70H44N4. The van der Waals surface area contributed by atoms with E-state index in [1.165, 1.54) is 86.2 Å². The van der Waals surface area contributed by atoms with E-state index in [-0.39, 0.29) is 0 Å². The van der Waals surface area contributed by atoms with Crippen LogP contribution in [-0.4, -0.2) is 0 Å². The van der Waals surface area contributed by atoms with E-state index in [4.69, 9.17) is 0 Å². The van der Waals surface area contributed by atoms with Gasteiger partial charge in [-0.15, -0.1) is 0 Å². The van der Waals surface area contributed by atoms with Crippen molar-refractivity contribution in [1.29, 1.82) is 0 Å². The van der Waals surface area contributed by atoms with E-state index >= 15 is 0 Å². The fourth-order valence-electron chi connectivity index (χ4n) is 12.1. The second kappa shape index (κ2) is 15.8. The summed E-state index contributed by atoms with van der Waals surface area (Å²) < 4.78 is 0. The van der Waals surface area contributed by atoms with E-state index in [9.17, 15) is 0 Å². The Hall–Kier alpha value is -9.90. The van der Waals surface area contributed by atoms with Crippen LogP contribution in [0.2, 0.25) is 0 Å². The van der Waals surface area contributed by atoms with Crippen LogP contribution in [0.5, 0.6) is 0 Å². The summed E-state index contributed by atoms with van der Waals surface area (Å²) in [6.45, 7) is 0. The van der Waals surface area contributed by atoms with Gasteiger partial charge < -0.3 is 0 Å². The highest BCUT2D eigenvalue weighted by Gasteiger charge is 2.44. The van der Waals surface area contributed by atoms with Crippen LogP contribution in [0.1, 0.15) is 0 Å². The maximum absolute atomic E-state index is 2.51. The lowest BCUT2D eigenvalue weighted by atomic mass is 10.0. The number of fused-ring (bicyclic) bond motifs is 10. The van der Waals surface area contributed by atoms with E-state index in [2.05, 4.69) is 287 Å². The van der Waals surface area contributed by atoms with Gasteiger partial charge in [0.25, 0.3) is 0 Å². The van der Waals surface area contributed by atoms with Crippen LogP contribution in [0, 0.1) is 0 Å². The molecule has 2 aliphatic rings. The van der Waals surface area contributed by atoms with Gasteiger partial charge in [-0.3, -0.25) is 19.6 Å². The second-order valence-corrected chi connectivity index (χ2v) is 19.9. The first-order valence-electron chi connectivity index (χ1n) is 25.5. The lowest BCUT2D eigenvalue weighted by molar-refractivity contribution is 1.01. The fourth-order valence-corrected chi connectivity index (χ4v) is 12.1. The van der Waals surface area contributed by atoms with E-state index in [0.29, 0.717) is 0 Å². The van der Waals surface area contributed by atoms with Crippen molar-refractivity contribution in [3.05, 3.63) is 279 Å². The monoisotopic (exact) mass is 940 g/mol. The minimum absolute atomic E-state index is 1.01. The van der Waals surface area contributed by atoms with Gasteiger partial charge in [-0.1, -0.05) is 146 Å². The van der Waals surface area contributed by atoms with Crippen molar-refractivity contribution in [2.45, 2.75) is 0 Å². The van der Waals surface area contributed by atoms with E-state index in [0.717, 1.165) is 57.1 Å². The molecule has 74 heavy (non-hydrogen) atoms. The summed E-state index contributed by atoms with van der Waals surface area (Å²) in [7, 11) is 0. The summed E-state index contributed by atoms with van der Waals surface area (Å²) >= 11 is 0. The smallest absolute Gasteiger partial charge is 0.166 e. The number of anilines is 8. The minimum Gasteiger partial charge on any atom is -0.291 e. The Labute approximate surface area is 427 Å². The molecule has 0 saturated carbocycles. The number of benzene rings is 14. The summed E-state index contributed by atoms with van der Waals surface area (Å²) in [5, 5.41) is 19.4. The van der Waals surface area contributed by atoms with Crippen molar-refractivity contribution in [3.63, 3.8) is 0 Å². The van der Waals surface area contributed by atoms with Crippen LogP contribution in [0.4, 0.5) is 45.5 Å². The Morgan fingerprint density at radius 1 is 0.149 bits per heavy atom. The van der Waals surface area contributed by atoms with Crippen LogP contribution in [0.25, 0.3) is 86.2 Å². The average molecular weight is 941 g/mol. The molecule has 4 heteroatoms. The van der Waals surface area contributed by atoms with Crippen molar-refractivity contribution < 1.29 is 0 Å². The summed E-state index contributed by atoms with van der Waals surface area (Å²) in [6, 6.07) is 99.2. The Bertz CT molecular complexity index is 4130. The Morgan fingerprint density at radius 3 is 0.541 bits per heavy atom. The molecule has 0 unspecified atom stereocenters. The third-order valence-electron chi connectivity index (χ3n) is 15.6. The predicted molar refractivity (Wildman–Crippen MR) is 314 cm³/mol. The topological polar surface area (TPSA) is 13.0 Å². The lowest BCUT2D eigenvalue weighted by Crippen LogP contribution is -2.33. The number of nitrogens with zero attached hydrogens (tertiary/aromatic N) is 4. The van der Waals surface area contributed by atoms with Crippen molar-refractivity contribution in [2.75, 3.05) is 19.6 Å². The molecule has 14 aromatic rings. The molecule has 16 rings (SSSR count). The fraction of sp³-hybridized carbons (Fsp3) is 0. The van der Waals surface area contributed by atoms with Crippen LogP contribution < -0.4 is 19.6 Å². The molecule has 0 fully saturated rings. The molecule has 2 heterocycles. The normalized spacial score (nSPS) is 13.5. The van der Waals surface area contributed by atoms with Crippen LogP contribution in [0.3, 0.4) is 0 Å². The van der Waals surface area contributed by atoms with Gasteiger partial charge in [0.15, 0.2) is 11.6 Å². The third-order valence-corrected chi connectivity index (χ3v) is 15.6. The number of hydrogen-bond donors (Lipinski definition) is 0. The molecule has 0 amide bonds. The first kappa shape index (κ1) is 40.8. The van der Waals surface area contributed by atoms with Crippen LogP contribution >= 0.6 is 0 Å². The largest absolute Gasteiger partial charge is 0.291 e. The first-order chi connectivity index (χ1) is 36.6. The van der Waals surface area contributed by atoms with Crippen molar-refractivity contribution in [2.24, 2.45) is 0 Å². The SMILES string of the molecule is c1ccc2c(c1)N(c1ccc3cc4ccccc4cc3c1)C(=C1N(c3ccc4cc5ccccc5cc4c3)c3ccccc3N1c1ccc3cc4ccccc4cc3c1)N2c1ccc2cc3ccccc3cc2c1. The molecule has 4 nitrogen and oxygen atoms in total. The minimum atomic E-state index is 1.01. The van der Waals surface area contributed by atoms with Gasteiger partial charge in [-0.25, -0.2) is 0 Å². The maximum atomic E-state index is 2.51.